The minimum absolute atomic E-state index is 0.0628. The summed E-state index contributed by atoms with van der Waals surface area (Å²) < 4.78 is 32.6. The van der Waals surface area contributed by atoms with Crippen LogP contribution in [0.5, 0.6) is 5.75 Å². The molecule has 0 aliphatic carbocycles. The van der Waals surface area contributed by atoms with Crippen molar-refractivity contribution in [1.82, 2.24) is 14.5 Å². The van der Waals surface area contributed by atoms with E-state index < -0.39 is 10.0 Å². The SMILES string of the molecule is COc1ccc(C(CNC(=O)Cc2ccc(S(=O)(=O)N3CCCCC3)cc2)N2CCCCC2)cc1. The topological polar surface area (TPSA) is 78.9 Å². The molecule has 0 aromatic heterocycles. The van der Waals surface area contributed by atoms with Gasteiger partial charge >= 0.3 is 0 Å². The van der Waals surface area contributed by atoms with Gasteiger partial charge in [0.1, 0.15) is 5.75 Å². The molecule has 0 saturated carbocycles. The van der Waals surface area contributed by atoms with E-state index in [0.717, 1.165) is 43.7 Å². The summed E-state index contributed by atoms with van der Waals surface area (Å²) in [6.07, 6.45) is 6.72. The van der Waals surface area contributed by atoms with Crippen molar-refractivity contribution in [2.24, 2.45) is 0 Å². The predicted molar refractivity (Wildman–Crippen MR) is 137 cm³/mol. The van der Waals surface area contributed by atoms with Gasteiger partial charge in [0.05, 0.1) is 24.5 Å². The fourth-order valence-electron chi connectivity index (χ4n) is 5.01. The van der Waals surface area contributed by atoms with Gasteiger partial charge in [0, 0.05) is 19.6 Å². The van der Waals surface area contributed by atoms with Crippen molar-refractivity contribution in [3.63, 3.8) is 0 Å². The lowest BCUT2D eigenvalue weighted by Crippen LogP contribution is -2.41. The summed E-state index contributed by atoms with van der Waals surface area (Å²) in [4.78, 5) is 15.5. The van der Waals surface area contributed by atoms with Crippen LogP contribution in [0.1, 0.15) is 55.7 Å². The summed E-state index contributed by atoms with van der Waals surface area (Å²) in [5.74, 6) is 0.757. The Kier molecular flexibility index (Phi) is 8.81. The summed E-state index contributed by atoms with van der Waals surface area (Å²) >= 11 is 0. The zero-order chi connectivity index (χ0) is 24.7. The Morgan fingerprint density at radius 3 is 2.09 bits per heavy atom. The molecule has 35 heavy (non-hydrogen) atoms. The summed E-state index contributed by atoms with van der Waals surface area (Å²) in [6.45, 7) is 3.75. The quantitative estimate of drug-likeness (QED) is 0.569. The van der Waals surface area contributed by atoms with Gasteiger partial charge in [0.2, 0.25) is 15.9 Å². The third kappa shape index (κ3) is 6.63. The second kappa shape index (κ2) is 12.0. The number of nitrogens with zero attached hydrogens (tertiary/aromatic N) is 2. The summed E-state index contributed by atoms with van der Waals surface area (Å²) in [7, 11) is -1.80. The predicted octanol–water partition coefficient (Wildman–Crippen LogP) is 3.76. The molecule has 0 radical (unpaired) electrons. The Bertz CT molecular complexity index is 1060. The van der Waals surface area contributed by atoms with E-state index in [2.05, 4.69) is 22.3 Å². The molecule has 2 fully saturated rings. The first-order chi connectivity index (χ1) is 17.0. The van der Waals surface area contributed by atoms with Crippen LogP contribution in [0.4, 0.5) is 0 Å². The van der Waals surface area contributed by atoms with Gasteiger partial charge in [-0.2, -0.15) is 4.31 Å². The number of ether oxygens (including phenoxy) is 1. The largest absolute Gasteiger partial charge is 0.497 e. The Balaban J connectivity index is 1.37. The van der Waals surface area contributed by atoms with Gasteiger partial charge in [-0.3, -0.25) is 9.69 Å². The van der Waals surface area contributed by atoms with Gasteiger partial charge in [-0.25, -0.2) is 8.42 Å². The highest BCUT2D eigenvalue weighted by Crippen LogP contribution is 2.26. The molecule has 0 bridgehead atoms. The minimum atomic E-state index is -3.46. The van der Waals surface area contributed by atoms with Gasteiger partial charge < -0.3 is 10.1 Å². The molecule has 8 heteroatoms. The first kappa shape index (κ1) is 25.7. The number of hydrogen-bond acceptors (Lipinski definition) is 5. The lowest BCUT2D eigenvalue weighted by molar-refractivity contribution is -0.120. The van der Waals surface area contributed by atoms with Crippen LogP contribution in [0.2, 0.25) is 0 Å². The summed E-state index contributed by atoms with van der Waals surface area (Å²) in [6, 6.07) is 15.0. The summed E-state index contributed by atoms with van der Waals surface area (Å²) in [5, 5.41) is 3.11. The number of rotatable bonds is 9. The molecule has 1 unspecified atom stereocenters. The number of methoxy groups -OCH3 is 1. The molecule has 2 aliphatic rings. The van der Waals surface area contributed by atoms with Crippen LogP contribution in [0.3, 0.4) is 0 Å². The monoisotopic (exact) mass is 499 g/mol. The maximum absolute atomic E-state index is 12.9. The number of likely N-dealkylation sites (tertiary alicyclic amines) is 1. The number of nitrogens with one attached hydrogen (secondary N) is 1. The fraction of sp³-hybridized carbons (Fsp3) is 0.519. The Hall–Kier alpha value is -2.42. The normalized spacial score (nSPS) is 18.7. The zero-order valence-electron chi connectivity index (χ0n) is 20.6. The van der Waals surface area contributed by atoms with E-state index in [9.17, 15) is 13.2 Å². The van der Waals surface area contributed by atoms with E-state index >= 15 is 0 Å². The maximum Gasteiger partial charge on any atom is 0.243 e. The fourth-order valence-corrected chi connectivity index (χ4v) is 6.52. The van der Waals surface area contributed by atoms with Gasteiger partial charge in [0.25, 0.3) is 0 Å². The molecular formula is C27H37N3O4S. The van der Waals surface area contributed by atoms with Crippen molar-refractivity contribution < 1.29 is 17.9 Å². The van der Waals surface area contributed by atoms with Crippen molar-refractivity contribution in [2.45, 2.75) is 55.9 Å². The van der Waals surface area contributed by atoms with E-state index in [1.54, 1.807) is 35.7 Å². The smallest absolute Gasteiger partial charge is 0.243 e. The Morgan fingerprint density at radius 2 is 1.49 bits per heavy atom. The summed E-state index contributed by atoms with van der Waals surface area (Å²) in [5.41, 5.74) is 1.97. The van der Waals surface area contributed by atoms with E-state index in [1.807, 2.05) is 12.1 Å². The van der Waals surface area contributed by atoms with Crippen LogP contribution in [0.25, 0.3) is 0 Å². The molecule has 1 amide bonds. The zero-order valence-corrected chi connectivity index (χ0v) is 21.4. The second-order valence-corrected chi connectivity index (χ2v) is 11.4. The number of carbonyl (C=O) groups excluding carboxylic acids is 1. The first-order valence-electron chi connectivity index (χ1n) is 12.7. The van der Waals surface area contributed by atoms with Crippen molar-refractivity contribution >= 4 is 15.9 Å². The van der Waals surface area contributed by atoms with Crippen molar-refractivity contribution in [3.8, 4) is 5.75 Å². The third-order valence-corrected chi connectivity index (χ3v) is 8.98. The molecule has 190 valence electrons. The van der Waals surface area contributed by atoms with E-state index in [-0.39, 0.29) is 18.4 Å². The standard InChI is InChI=1S/C27H37N3O4S/c1-34-24-12-10-23(11-13-24)26(29-16-4-2-5-17-29)21-28-27(31)20-22-8-14-25(15-9-22)35(32,33)30-18-6-3-7-19-30/h8-15,26H,2-7,16-21H2,1H3,(H,28,31). The average Bonchev–Trinajstić information content (AvgIpc) is 2.90. The lowest BCUT2D eigenvalue weighted by atomic mass is 10.0. The molecule has 0 spiro atoms. The average molecular weight is 500 g/mol. The van der Waals surface area contributed by atoms with Crippen molar-refractivity contribution in [1.29, 1.82) is 0 Å². The van der Waals surface area contributed by atoms with Gasteiger partial charge in [0.15, 0.2) is 0 Å². The Morgan fingerprint density at radius 1 is 0.886 bits per heavy atom. The second-order valence-electron chi connectivity index (χ2n) is 9.48. The number of sulfonamides is 1. The van der Waals surface area contributed by atoms with Crippen LogP contribution in [0, 0.1) is 0 Å². The number of carbonyl (C=O) groups is 1. The number of benzene rings is 2. The molecule has 2 heterocycles. The van der Waals surface area contributed by atoms with Crippen LogP contribution in [-0.2, 0) is 21.2 Å². The van der Waals surface area contributed by atoms with Gasteiger partial charge in [-0.1, -0.05) is 37.1 Å². The molecule has 2 aromatic carbocycles. The van der Waals surface area contributed by atoms with Crippen molar-refractivity contribution in [2.75, 3.05) is 39.8 Å². The van der Waals surface area contributed by atoms with E-state index in [0.29, 0.717) is 24.5 Å². The molecule has 2 saturated heterocycles. The molecular weight excluding hydrogens is 462 g/mol. The van der Waals surface area contributed by atoms with E-state index in [4.69, 9.17) is 4.74 Å². The molecule has 2 aromatic rings. The molecule has 1 atom stereocenters. The Labute approximate surface area is 209 Å². The van der Waals surface area contributed by atoms with Crippen LogP contribution in [-0.4, -0.2) is 63.4 Å². The van der Waals surface area contributed by atoms with Gasteiger partial charge in [-0.15, -0.1) is 0 Å². The molecule has 1 N–H and O–H groups in total. The first-order valence-corrected chi connectivity index (χ1v) is 14.2. The molecule has 4 rings (SSSR count). The van der Waals surface area contributed by atoms with E-state index in [1.165, 1.54) is 24.8 Å². The lowest BCUT2D eigenvalue weighted by Gasteiger charge is -2.35. The van der Waals surface area contributed by atoms with Crippen LogP contribution in [0.15, 0.2) is 53.4 Å². The van der Waals surface area contributed by atoms with Gasteiger partial charge in [-0.05, 0) is 74.2 Å². The minimum Gasteiger partial charge on any atom is -0.497 e. The number of piperidine rings is 2. The molecule has 2 aliphatic heterocycles. The maximum atomic E-state index is 12.9. The number of hydrogen-bond donors (Lipinski definition) is 1. The highest BCUT2D eigenvalue weighted by Gasteiger charge is 2.26. The third-order valence-electron chi connectivity index (χ3n) is 7.07. The van der Waals surface area contributed by atoms with Crippen molar-refractivity contribution in [3.05, 3.63) is 59.7 Å². The molecule has 7 nitrogen and oxygen atoms in total. The number of amides is 1. The highest BCUT2D eigenvalue weighted by atomic mass is 32.2. The van der Waals surface area contributed by atoms with Crippen LogP contribution < -0.4 is 10.1 Å². The highest BCUT2D eigenvalue weighted by molar-refractivity contribution is 7.89. The van der Waals surface area contributed by atoms with Crippen LogP contribution >= 0.6 is 0 Å².